The molecule has 0 bridgehead atoms. The second-order valence-corrected chi connectivity index (χ2v) is 7.53. The Morgan fingerprint density at radius 1 is 1.13 bits per heavy atom. The zero-order chi connectivity index (χ0) is 20.9. The monoisotopic (exact) mass is 445 g/mol. The number of nitrogens with zero attached hydrogens (tertiary/aromatic N) is 5. The first kappa shape index (κ1) is 22.9. The molecule has 166 valence electrons. The highest BCUT2D eigenvalue weighted by Crippen LogP contribution is 2.17. The number of nitrogens with one attached hydrogen (secondary N) is 1. The van der Waals surface area contributed by atoms with E-state index in [0.717, 1.165) is 49.2 Å². The fraction of sp³-hybridized carbons (Fsp3) is 0.429. The van der Waals surface area contributed by atoms with E-state index in [1.54, 1.807) is 42.4 Å². The van der Waals surface area contributed by atoms with E-state index in [1.165, 1.54) is 0 Å². The number of ether oxygens (including phenoxy) is 1. The van der Waals surface area contributed by atoms with Gasteiger partial charge in [0.15, 0.2) is 0 Å². The smallest absolute Gasteiger partial charge is 0.251 e. The Morgan fingerprint density at radius 3 is 2.65 bits per heavy atom. The van der Waals surface area contributed by atoms with Crippen molar-refractivity contribution in [2.24, 2.45) is 0 Å². The molecule has 10 heteroatoms. The van der Waals surface area contributed by atoms with E-state index in [0.29, 0.717) is 30.7 Å². The minimum atomic E-state index is -0.0151. The highest BCUT2D eigenvalue weighted by Gasteiger charge is 2.19. The van der Waals surface area contributed by atoms with E-state index in [4.69, 9.17) is 10.5 Å². The molecular weight excluding hydrogens is 418 g/mol. The van der Waals surface area contributed by atoms with Crippen molar-refractivity contribution < 1.29 is 4.74 Å². The normalized spacial score (nSPS) is 15.0. The number of anilines is 1. The van der Waals surface area contributed by atoms with Crippen LogP contribution in [0.1, 0.15) is 18.5 Å². The van der Waals surface area contributed by atoms with E-state index in [9.17, 15) is 4.79 Å². The molecule has 3 aromatic heterocycles. The van der Waals surface area contributed by atoms with Gasteiger partial charge in [-0.05, 0) is 32.0 Å². The zero-order valence-corrected chi connectivity index (χ0v) is 18.3. The minimum Gasteiger partial charge on any atom is -0.495 e. The van der Waals surface area contributed by atoms with Crippen LogP contribution < -0.4 is 21.3 Å². The highest BCUT2D eigenvalue weighted by molar-refractivity contribution is 5.85. The number of pyridine rings is 2. The van der Waals surface area contributed by atoms with E-state index >= 15 is 0 Å². The minimum absolute atomic E-state index is 0. The molecule has 1 aliphatic heterocycles. The third kappa shape index (κ3) is 5.69. The Morgan fingerprint density at radius 2 is 1.94 bits per heavy atom. The number of likely N-dealkylation sites (tertiary alicyclic amines) is 1. The lowest BCUT2D eigenvalue weighted by atomic mass is 10.0. The molecule has 0 amide bonds. The molecule has 1 saturated heterocycles. The van der Waals surface area contributed by atoms with Crippen molar-refractivity contribution in [3.8, 4) is 5.75 Å². The van der Waals surface area contributed by atoms with E-state index in [-0.39, 0.29) is 18.0 Å². The first-order chi connectivity index (χ1) is 14.6. The van der Waals surface area contributed by atoms with Gasteiger partial charge in [-0.1, -0.05) is 0 Å². The number of nitrogens with two attached hydrogens (primary N) is 1. The van der Waals surface area contributed by atoms with Gasteiger partial charge >= 0.3 is 0 Å². The largest absolute Gasteiger partial charge is 0.495 e. The second kappa shape index (κ2) is 10.5. The van der Waals surface area contributed by atoms with Crippen LogP contribution in [0, 0.1) is 0 Å². The van der Waals surface area contributed by atoms with E-state index in [1.807, 2.05) is 6.07 Å². The summed E-state index contributed by atoms with van der Waals surface area (Å²) >= 11 is 0. The fourth-order valence-corrected chi connectivity index (χ4v) is 3.80. The molecule has 3 N–H and O–H groups in total. The number of aromatic nitrogens is 4. The molecule has 0 aliphatic carbocycles. The van der Waals surface area contributed by atoms with Crippen LogP contribution in [0.4, 0.5) is 5.82 Å². The quantitative estimate of drug-likeness (QED) is 0.562. The number of hydrogen-bond donors (Lipinski definition) is 2. The Labute approximate surface area is 187 Å². The topological polar surface area (TPSA) is 111 Å². The summed E-state index contributed by atoms with van der Waals surface area (Å²) in [6.45, 7) is 4.13. The Hall–Kier alpha value is -2.75. The molecule has 1 fully saturated rings. The van der Waals surface area contributed by atoms with Crippen molar-refractivity contribution in [3.63, 3.8) is 0 Å². The zero-order valence-electron chi connectivity index (χ0n) is 17.5. The number of rotatable bonds is 7. The van der Waals surface area contributed by atoms with Crippen molar-refractivity contribution in [1.29, 1.82) is 0 Å². The number of nitrogen functional groups attached to an aromatic ring is 1. The van der Waals surface area contributed by atoms with Gasteiger partial charge in [-0.2, -0.15) is 0 Å². The van der Waals surface area contributed by atoms with Gasteiger partial charge in [0, 0.05) is 37.8 Å². The molecule has 1 aliphatic rings. The van der Waals surface area contributed by atoms with Gasteiger partial charge in [-0.15, -0.1) is 12.4 Å². The molecule has 0 radical (unpaired) electrons. The summed E-state index contributed by atoms with van der Waals surface area (Å²) in [5.41, 5.74) is 8.06. The predicted molar refractivity (Wildman–Crippen MR) is 123 cm³/mol. The lowest BCUT2D eigenvalue weighted by molar-refractivity contribution is 0.191. The first-order valence-electron chi connectivity index (χ1n) is 10.2. The summed E-state index contributed by atoms with van der Waals surface area (Å²) < 4.78 is 7.06. The Bertz CT molecular complexity index is 1050. The number of halogens is 1. The number of piperidine rings is 1. The van der Waals surface area contributed by atoms with Crippen LogP contribution in [0.25, 0.3) is 11.0 Å². The molecule has 0 aromatic carbocycles. The van der Waals surface area contributed by atoms with Crippen LogP contribution in [0.15, 0.2) is 41.6 Å². The van der Waals surface area contributed by atoms with Crippen LogP contribution in [0.2, 0.25) is 0 Å². The van der Waals surface area contributed by atoms with Gasteiger partial charge in [0.05, 0.1) is 42.4 Å². The molecule has 31 heavy (non-hydrogen) atoms. The van der Waals surface area contributed by atoms with Crippen molar-refractivity contribution in [3.05, 3.63) is 52.8 Å². The lowest BCUT2D eigenvalue weighted by Crippen LogP contribution is -2.43. The summed E-state index contributed by atoms with van der Waals surface area (Å²) in [6.07, 6.45) is 7.08. The maximum Gasteiger partial charge on any atom is 0.251 e. The van der Waals surface area contributed by atoms with Crippen molar-refractivity contribution in [1.82, 2.24) is 29.7 Å². The van der Waals surface area contributed by atoms with Crippen molar-refractivity contribution in [2.45, 2.75) is 32.0 Å². The number of methoxy groups -OCH3 is 1. The molecule has 0 atom stereocenters. The number of hydrogen-bond acceptors (Lipinski definition) is 8. The maximum absolute atomic E-state index is 12.4. The molecular formula is C21H28ClN7O2. The predicted octanol–water partition coefficient (Wildman–Crippen LogP) is 1.45. The average Bonchev–Trinajstić information content (AvgIpc) is 2.78. The average molecular weight is 446 g/mol. The van der Waals surface area contributed by atoms with Crippen molar-refractivity contribution in [2.75, 3.05) is 32.5 Å². The van der Waals surface area contributed by atoms with Gasteiger partial charge < -0.3 is 25.3 Å². The first-order valence-corrected chi connectivity index (χ1v) is 10.2. The van der Waals surface area contributed by atoms with Gasteiger partial charge in [-0.25, -0.2) is 4.98 Å². The van der Waals surface area contributed by atoms with Crippen LogP contribution in [0.5, 0.6) is 5.75 Å². The van der Waals surface area contributed by atoms with Gasteiger partial charge in [0.1, 0.15) is 11.6 Å². The molecule has 9 nitrogen and oxygen atoms in total. The van der Waals surface area contributed by atoms with Crippen LogP contribution in [-0.2, 0) is 13.1 Å². The SMILES string of the molecule is COc1cnc2ccc(=O)n(CCN3CCC(NCc4cnc(N)cn4)CC3)c2c1.Cl. The summed E-state index contributed by atoms with van der Waals surface area (Å²) in [4.78, 5) is 27.6. The third-order valence-electron chi connectivity index (χ3n) is 5.57. The molecule has 4 rings (SSSR count). The summed E-state index contributed by atoms with van der Waals surface area (Å²) in [5.74, 6) is 1.09. The van der Waals surface area contributed by atoms with E-state index in [2.05, 4.69) is 25.2 Å². The number of fused-ring (bicyclic) bond motifs is 1. The van der Waals surface area contributed by atoms with Crippen LogP contribution in [-0.4, -0.2) is 57.2 Å². The molecule has 3 aromatic rings. The lowest BCUT2D eigenvalue weighted by Gasteiger charge is -2.32. The third-order valence-corrected chi connectivity index (χ3v) is 5.57. The fourth-order valence-electron chi connectivity index (χ4n) is 3.80. The van der Waals surface area contributed by atoms with Crippen molar-refractivity contribution >= 4 is 29.3 Å². The standard InChI is InChI=1S/C21H27N7O2.ClH/c1-30-17-10-19-18(25-13-17)2-3-21(29)28(19)9-8-27-6-4-15(5-7-27)23-11-16-12-26-20(22)14-24-16;/h2-3,10,12-15,23H,4-9,11H2,1H3,(H2,22,26);1H. The van der Waals surface area contributed by atoms with Crippen LogP contribution in [0.3, 0.4) is 0 Å². The van der Waals surface area contributed by atoms with Gasteiger partial charge in [-0.3, -0.25) is 14.8 Å². The van der Waals surface area contributed by atoms with Gasteiger partial charge in [0.25, 0.3) is 5.56 Å². The maximum atomic E-state index is 12.4. The Balaban J connectivity index is 0.00000272. The summed E-state index contributed by atoms with van der Waals surface area (Å²) in [5, 5.41) is 3.55. The molecule has 4 heterocycles. The Kier molecular flexibility index (Phi) is 7.78. The summed E-state index contributed by atoms with van der Waals surface area (Å²) in [6, 6.07) is 5.67. The summed E-state index contributed by atoms with van der Waals surface area (Å²) in [7, 11) is 1.60. The highest BCUT2D eigenvalue weighted by atomic mass is 35.5. The van der Waals surface area contributed by atoms with E-state index < -0.39 is 0 Å². The molecule has 0 spiro atoms. The molecule has 0 saturated carbocycles. The van der Waals surface area contributed by atoms with Gasteiger partial charge in [0.2, 0.25) is 0 Å². The van der Waals surface area contributed by atoms with Crippen LogP contribution >= 0.6 is 12.4 Å². The molecule has 0 unspecified atom stereocenters. The second-order valence-electron chi connectivity index (χ2n) is 7.53.